The second kappa shape index (κ2) is 6.80. The molecule has 0 radical (unpaired) electrons. The quantitative estimate of drug-likeness (QED) is 0.768. The van der Waals surface area contributed by atoms with Crippen LogP contribution in [0.2, 0.25) is 0 Å². The summed E-state index contributed by atoms with van der Waals surface area (Å²) in [6.45, 7) is 5.90. The molecule has 112 valence electrons. The summed E-state index contributed by atoms with van der Waals surface area (Å²) >= 11 is 3.34. The number of aromatic nitrogens is 3. The molecule has 0 saturated carbocycles. The number of rotatable bonds is 5. The van der Waals surface area contributed by atoms with Crippen LogP contribution in [0.4, 0.5) is 0 Å². The molecule has 0 fully saturated rings. The lowest BCUT2D eigenvalue weighted by molar-refractivity contribution is -0.146. The Balaban J connectivity index is 2.30. The monoisotopic (exact) mass is 353 g/mol. The molecule has 2 aromatic rings. The van der Waals surface area contributed by atoms with Gasteiger partial charge in [-0.2, -0.15) is 4.98 Å². The Kier molecular flexibility index (Phi) is 5.06. The minimum absolute atomic E-state index is 0.00187. The van der Waals surface area contributed by atoms with E-state index in [1.54, 1.807) is 19.3 Å². The van der Waals surface area contributed by atoms with Crippen LogP contribution < -0.4 is 0 Å². The highest BCUT2D eigenvalue weighted by atomic mass is 79.9. The molecule has 7 heteroatoms. The molecule has 0 spiro atoms. The van der Waals surface area contributed by atoms with Gasteiger partial charge in [0.1, 0.15) is 5.92 Å². The van der Waals surface area contributed by atoms with Crippen molar-refractivity contribution in [3.8, 4) is 11.4 Å². The minimum atomic E-state index is -0.564. The van der Waals surface area contributed by atoms with E-state index in [-0.39, 0.29) is 17.8 Å². The van der Waals surface area contributed by atoms with Crippen LogP contribution in [0.1, 0.15) is 32.6 Å². The maximum absolute atomic E-state index is 12.0. The number of nitrogens with zero attached hydrogens (tertiary/aromatic N) is 3. The second-order valence-corrected chi connectivity index (χ2v) is 5.74. The van der Waals surface area contributed by atoms with Gasteiger partial charge in [-0.3, -0.25) is 9.78 Å². The molecular weight excluding hydrogens is 338 g/mol. The summed E-state index contributed by atoms with van der Waals surface area (Å²) in [5, 5.41) is 3.92. The summed E-state index contributed by atoms with van der Waals surface area (Å²) < 4.78 is 11.1. The number of carbonyl (C=O) groups is 1. The lowest BCUT2D eigenvalue weighted by Crippen LogP contribution is -2.21. The maximum Gasteiger partial charge on any atom is 0.318 e. The van der Waals surface area contributed by atoms with Gasteiger partial charge in [-0.05, 0) is 34.8 Å². The van der Waals surface area contributed by atoms with Crippen LogP contribution in [-0.2, 0) is 9.53 Å². The molecule has 0 aliphatic carbocycles. The first-order valence-electron chi connectivity index (χ1n) is 6.64. The van der Waals surface area contributed by atoms with E-state index in [1.165, 1.54) is 0 Å². The lowest BCUT2D eigenvalue weighted by Gasteiger charge is -2.14. The standard InChI is InChI=1S/C14H16BrN3O3/c1-4-20-14(19)11(8(2)3)13-17-12(18-21-13)9-5-10(15)7-16-6-9/h5-8,11H,4H2,1-3H3. The van der Waals surface area contributed by atoms with Gasteiger partial charge in [0, 0.05) is 22.4 Å². The summed E-state index contributed by atoms with van der Waals surface area (Å²) in [5.41, 5.74) is 0.714. The second-order valence-electron chi connectivity index (χ2n) is 4.82. The molecule has 0 amide bonds. The summed E-state index contributed by atoms with van der Waals surface area (Å²) in [6.07, 6.45) is 3.30. The molecule has 0 aliphatic rings. The summed E-state index contributed by atoms with van der Waals surface area (Å²) in [4.78, 5) is 20.4. The fourth-order valence-electron chi connectivity index (χ4n) is 1.90. The third kappa shape index (κ3) is 3.66. The summed E-state index contributed by atoms with van der Waals surface area (Å²) in [6, 6.07) is 1.83. The molecule has 2 aromatic heterocycles. The SMILES string of the molecule is CCOC(=O)C(c1nc(-c2cncc(Br)c2)no1)C(C)C. The van der Waals surface area contributed by atoms with E-state index in [0.717, 1.165) is 4.47 Å². The summed E-state index contributed by atoms with van der Waals surface area (Å²) in [7, 11) is 0. The molecule has 0 N–H and O–H groups in total. The van der Waals surface area contributed by atoms with Gasteiger partial charge in [0.25, 0.3) is 0 Å². The van der Waals surface area contributed by atoms with Crippen LogP contribution >= 0.6 is 15.9 Å². The molecule has 0 saturated heterocycles. The average Bonchev–Trinajstić information content (AvgIpc) is 2.88. The zero-order valence-electron chi connectivity index (χ0n) is 12.0. The molecule has 2 heterocycles. The van der Waals surface area contributed by atoms with Crippen LogP contribution in [0.15, 0.2) is 27.5 Å². The highest BCUT2D eigenvalue weighted by molar-refractivity contribution is 9.10. The van der Waals surface area contributed by atoms with Gasteiger partial charge in [0.15, 0.2) is 0 Å². The van der Waals surface area contributed by atoms with Crippen LogP contribution in [0.5, 0.6) is 0 Å². The summed E-state index contributed by atoms with van der Waals surface area (Å²) in [5.74, 6) is -0.258. The van der Waals surface area contributed by atoms with E-state index in [1.807, 2.05) is 19.9 Å². The molecule has 21 heavy (non-hydrogen) atoms. The van der Waals surface area contributed by atoms with E-state index in [0.29, 0.717) is 18.0 Å². The zero-order chi connectivity index (χ0) is 15.4. The molecule has 1 atom stereocenters. The Labute approximate surface area is 131 Å². The molecule has 0 aromatic carbocycles. The number of ether oxygens (including phenoxy) is 1. The van der Waals surface area contributed by atoms with Crippen molar-refractivity contribution in [2.24, 2.45) is 5.92 Å². The third-order valence-electron chi connectivity index (χ3n) is 2.88. The van der Waals surface area contributed by atoms with Crippen LogP contribution in [0.3, 0.4) is 0 Å². The van der Waals surface area contributed by atoms with Gasteiger partial charge < -0.3 is 9.26 Å². The van der Waals surface area contributed by atoms with Crippen molar-refractivity contribution in [2.45, 2.75) is 26.7 Å². The van der Waals surface area contributed by atoms with Gasteiger partial charge in [-0.25, -0.2) is 0 Å². The normalized spacial score (nSPS) is 12.4. The van der Waals surface area contributed by atoms with E-state index >= 15 is 0 Å². The number of esters is 1. The highest BCUT2D eigenvalue weighted by Gasteiger charge is 2.31. The van der Waals surface area contributed by atoms with E-state index in [4.69, 9.17) is 9.26 Å². The number of hydrogen-bond donors (Lipinski definition) is 0. The number of pyridine rings is 1. The Hall–Kier alpha value is -1.76. The number of carbonyl (C=O) groups excluding carboxylic acids is 1. The van der Waals surface area contributed by atoms with Crippen molar-refractivity contribution in [1.29, 1.82) is 0 Å². The van der Waals surface area contributed by atoms with E-state index in [9.17, 15) is 4.79 Å². The van der Waals surface area contributed by atoms with Gasteiger partial charge in [0.05, 0.1) is 6.61 Å². The lowest BCUT2D eigenvalue weighted by atomic mass is 9.96. The van der Waals surface area contributed by atoms with Gasteiger partial charge in [0.2, 0.25) is 11.7 Å². The van der Waals surface area contributed by atoms with Crippen LogP contribution in [0.25, 0.3) is 11.4 Å². The number of halogens is 1. The largest absolute Gasteiger partial charge is 0.465 e. The minimum Gasteiger partial charge on any atom is -0.465 e. The zero-order valence-corrected chi connectivity index (χ0v) is 13.6. The first kappa shape index (κ1) is 15.6. The third-order valence-corrected chi connectivity index (χ3v) is 3.31. The van der Waals surface area contributed by atoms with Crippen LogP contribution in [0, 0.1) is 5.92 Å². The van der Waals surface area contributed by atoms with E-state index < -0.39 is 5.92 Å². The van der Waals surface area contributed by atoms with Crippen molar-refractivity contribution < 1.29 is 14.1 Å². The Bertz CT molecular complexity index is 627. The van der Waals surface area contributed by atoms with Gasteiger partial charge in [-0.1, -0.05) is 19.0 Å². The Morgan fingerprint density at radius 2 is 2.19 bits per heavy atom. The van der Waals surface area contributed by atoms with Crippen molar-refractivity contribution in [2.75, 3.05) is 6.61 Å². The van der Waals surface area contributed by atoms with Gasteiger partial charge in [-0.15, -0.1) is 0 Å². The molecule has 2 rings (SSSR count). The predicted octanol–water partition coefficient (Wildman–Crippen LogP) is 3.20. The average molecular weight is 354 g/mol. The molecule has 1 unspecified atom stereocenters. The molecule has 0 aliphatic heterocycles. The fraction of sp³-hybridized carbons (Fsp3) is 0.429. The predicted molar refractivity (Wildman–Crippen MR) is 79.4 cm³/mol. The van der Waals surface area contributed by atoms with Crippen molar-refractivity contribution in [3.63, 3.8) is 0 Å². The Morgan fingerprint density at radius 3 is 2.81 bits per heavy atom. The van der Waals surface area contributed by atoms with Crippen molar-refractivity contribution >= 4 is 21.9 Å². The smallest absolute Gasteiger partial charge is 0.318 e. The van der Waals surface area contributed by atoms with Gasteiger partial charge >= 0.3 is 5.97 Å². The Morgan fingerprint density at radius 1 is 1.43 bits per heavy atom. The van der Waals surface area contributed by atoms with E-state index in [2.05, 4.69) is 31.1 Å². The maximum atomic E-state index is 12.0. The first-order valence-corrected chi connectivity index (χ1v) is 7.43. The molecule has 6 nitrogen and oxygen atoms in total. The fourth-order valence-corrected chi connectivity index (χ4v) is 2.27. The first-order chi connectivity index (χ1) is 10.0. The molecular formula is C14H16BrN3O3. The topological polar surface area (TPSA) is 78.1 Å². The molecule has 0 bridgehead atoms. The van der Waals surface area contributed by atoms with Crippen LogP contribution in [-0.4, -0.2) is 27.7 Å². The van der Waals surface area contributed by atoms with Crippen molar-refractivity contribution in [1.82, 2.24) is 15.1 Å². The highest BCUT2D eigenvalue weighted by Crippen LogP contribution is 2.27. The number of hydrogen-bond acceptors (Lipinski definition) is 6. The van der Waals surface area contributed by atoms with Crippen molar-refractivity contribution in [3.05, 3.63) is 28.8 Å².